The molecule has 3 aromatic carbocycles. The first-order valence-corrected chi connectivity index (χ1v) is 10.5. The first kappa shape index (κ1) is 21.7. The molecule has 32 heavy (non-hydrogen) atoms. The lowest BCUT2D eigenvalue weighted by atomic mass is 9.97. The Bertz CT molecular complexity index is 1260. The fraction of sp³-hybridized carbons (Fsp3) is 0.154. The molecular weight excluding hydrogens is 426 g/mol. The van der Waals surface area contributed by atoms with E-state index in [-0.39, 0.29) is 24.3 Å². The molecule has 0 fully saturated rings. The minimum absolute atomic E-state index is 0.214. The Labute approximate surface area is 190 Å². The number of hydrogen-bond donors (Lipinski definition) is 0. The standard InChI is InChI=1S/C26H22ClNO4/c1-17-13-25(30)32-22-15-23(21(27)14-20(17)22)31-16-24(29)28(2)26(18-9-5-3-6-10-18)19-11-7-4-8-12-19/h3-15,26H,16H2,1-2H3. The molecule has 162 valence electrons. The zero-order valence-electron chi connectivity index (χ0n) is 17.7. The molecule has 0 aliphatic heterocycles. The molecule has 0 atom stereocenters. The van der Waals surface area contributed by atoms with Crippen molar-refractivity contribution in [3.05, 3.63) is 111 Å². The Hall–Kier alpha value is -3.57. The van der Waals surface area contributed by atoms with Crippen LogP contribution < -0.4 is 10.4 Å². The van der Waals surface area contributed by atoms with Gasteiger partial charge < -0.3 is 14.1 Å². The van der Waals surface area contributed by atoms with Crippen LogP contribution in [0, 0.1) is 6.92 Å². The van der Waals surface area contributed by atoms with Crippen LogP contribution in [0.2, 0.25) is 5.02 Å². The van der Waals surface area contributed by atoms with Gasteiger partial charge in [0.25, 0.3) is 5.91 Å². The number of benzene rings is 3. The lowest BCUT2D eigenvalue weighted by molar-refractivity contribution is -0.133. The van der Waals surface area contributed by atoms with Crippen LogP contribution in [-0.4, -0.2) is 24.5 Å². The van der Waals surface area contributed by atoms with Crippen LogP contribution in [0.15, 0.2) is 88.1 Å². The van der Waals surface area contributed by atoms with Gasteiger partial charge in [0.1, 0.15) is 11.3 Å². The molecule has 6 heteroatoms. The van der Waals surface area contributed by atoms with E-state index in [1.54, 1.807) is 24.1 Å². The second kappa shape index (κ2) is 9.28. The number of carbonyl (C=O) groups is 1. The Morgan fingerprint density at radius 3 is 2.19 bits per heavy atom. The number of aryl methyl sites for hydroxylation is 1. The minimum atomic E-state index is -0.451. The molecule has 0 aliphatic carbocycles. The number of fused-ring (bicyclic) bond motifs is 1. The summed E-state index contributed by atoms with van der Waals surface area (Å²) >= 11 is 6.36. The fourth-order valence-electron chi connectivity index (χ4n) is 3.73. The van der Waals surface area contributed by atoms with E-state index in [0.29, 0.717) is 10.6 Å². The summed E-state index contributed by atoms with van der Waals surface area (Å²) < 4.78 is 11.0. The zero-order chi connectivity index (χ0) is 22.7. The first-order valence-electron chi connectivity index (χ1n) is 10.2. The Kier molecular flexibility index (Phi) is 6.28. The van der Waals surface area contributed by atoms with Crippen LogP contribution in [0.5, 0.6) is 5.75 Å². The highest BCUT2D eigenvalue weighted by Gasteiger charge is 2.24. The SMILES string of the molecule is Cc1cc(=O)oc2cc(OCC(=O)N(C)C(c3ccccc3)c3ccccc3)c(Cl)cc12. The van der Waals surface area contributed by atoms with E-state index < -0.39 is 5.63 Å². The number of ether oxygens (including phenoxy) is 1. The lowest BCUT2D eigenvalue weighted by Crippen LogP contribution is -2.35. The Balaban J connectivity index is 1.58. The molecule has 0 saturated carbocycles. The minimum Gasteiger partial charge on any atom is -0.482 e. The number of hydrogen-bond acceptors (Lipinski definition) is 4. The van der Waals surface area contributed by atoms with Crippen molar-refractivity contribution in [2.75, 3.05) is 13.7 Å². The topological polar surface area (TPSA) is 59.8 Å². The maximum absolute atomic E-state index is 13.1. The van der Waals surface area contributed by atoms with Gasteiger partial charge in [0.05, 0.1) is 11.1 Å². The Morgan fingerprint density at radius 2 is 1.59 bits per heavy atom. The van der Waals surface area contributed by atoms with Crippen molar-refractivity contribution in [1.82, 2.24) is 4.90 Å². The molecule has 5 nitrogen and oxygen atoms in total. The summed E-state index contributed by atoms with van der Waals surface area (Å²) in [5.74, 6) is 0.0650. The van der Waals surface area contributed by atoms with Gasteiger partial charge in [-0.2, -0.15) is 0 Å². The summed E-state index contributed by atoms with van der Waals surface area (Å²) in [7, 11) is 1.75. The van der Waals surface area contributed by atoms with Gasteiger partial charge in [0, 0.05) is 24.6 Å². The molecule has 0 N–H and O–H groups in total. The predicted octanol–water partition coefficient (Wildman–Crippen LogP) is 5.38. The van der Waals surface area contributed by atoms with E-state index in [0.717, 1.165) is 22.1 Å². The third-order valence-electron chi connectivity index (χ3n) is 5.37. The van der Waals surface area contributed by atoms with E-state index in [9.17, 15) is 9.59 Å². The van der Waals surface area contributed by atoms with Crippen molar-refractivity contribution in [1.29, 1.82) is 0 Å². The van der Waals surface area contributed by atoms with E-state index in [1.165, 1.54) is 6.07 Å². The van der Waals surface area contributed by atoms with E-state index >= 15 is 0 Å². The lowest BCUT2D eigenvalue weighted by Gasteiger charge is -2.29. The quantitative estimate of drug-likeness (QED) is 0.372. The number of amides is 1. The summed E-state index contributed by atoms with van der Waals surface area (Å²) in [5, 5.41) is 1.06. The highest BCUT2D eigenvalue weighted by Crippen LogP contribution is 2.32. The molecule has 0 aliphatic rings. The van der Waals surface area contributed by atoms with Crippen molar-refractivity contribution in [3.8, 4) is 5.75 Å². The Morgan fingerprint density at radius 1 is 1.00 bits per heavy atom. The normalized spacial score (nSPS) is 11.0. The number of rotatable bonds is 6. The molecule has 0 saturated heterocycles. The maximum Gasteiger partial charge on any atom is 0.336 e. The molecule has 4 aromatic rings. The highest BCUT2D eigenvalue weighted by molar-refractivity contribution is 6.32. The fourth-order valence-corrected chi connectivity index (χ4v) is 3.94. The molecule has 0 spiro atoms. The molecule has 0 bridgehead atoms. The first-order chi connectivity index (χ1) is 15.4. The highest BCUT2D eigenvalue weighted by atomic mass is 35.5. The van der Waals surface area contributed by atoms with Crippen LogP contribution in [0.1, 0.15) is 22.7 Å². The van der Waals surface area contributed by atoms with Gasteiger partial charge in [-0.3, -0.25) is 4.79 Å². The molecule has 1 aromatic heterocycles. The van der Waals surface area contributed by atoms with Gasteiger partial charge >= 0.3 is 5.63 Å². The van der Waals surface area contributed by atoms with Crippen LogP contribution in [0.4, 0.5) is 0 Å². The van der Waals surface area contributed by atoms with Crippen molar-refractivity contribution < 1.29 is 13.9 Å². The van der Waals surface area contributed by atoms with E-state index in [4.69, 9.17) is 20.8 Å². The van der Waals surface area contributed by atoms with Crippen molar-refractivity contribution in [2.24, 2.45) is 0 Å². The molecule has 4 rings (SSSR count). The predicted molar refractivity (Wildman–Crippen MR) is 125 cm³/mol. The molecule has 1 amide bonds. The van der Waals surface area contributed by atoms with Gasteiger partial charge in [-0.05, 0) is 29.7 Å². The number of halogens is 1. The summed E-state index contributed by atoms with van der Waals surface area (Å²) in [4.78, 5) is 26.4. The monoisotopic (exact) mass is 447 g/mol. The van der Waals surface area contributed by atoms with Crippen molar-refractivity contribution in [2.45, 2.75) is 13.0 Å². The van der Waals surface area contributed by atoms with Gasteiger partial charge in [-0.25, -0.2) is 4.79 Å². The number of likely N-dealkylation sites (N-methyl/N-ethyl adjacent to an activating group) is 1. The zero-order valence-corrected chi connectivity index (χ0v) is 18.5. The van der Waals surface area contributed by atoms with Crippen LogP contribution in [0.25, 0.3) is 11.0 Å². The number of carbonyl (C=O) groups excluding carboxylic acids is 1. The van der Waals surface area contributed by atoms with Crippen molar-refractivity contribution in [3.63, 3.8) is 0 Å². The number of nitrogens with zero attached hydrogens (tertiary/aromatic N) is 1. The summed E-state index contributed by atoms with van der Waals surface area (Å²) in [5.41, 5.74) is 2.66. The second-order valence-electron chi connectivity index (χ2n) is 7.54. The maximum atomic E-state index is 13.1. The van der Waals surface area contributed by atoms with Crippen LogP contribution in [0.3, 0.4) is 0 Å². The van der Waals surface area contributed by atoms with Gasteiger partial charge in [-0.15, -0.1) is 0 Å². The average Bonchev–Trinajstić information content (AvgIpc) is 2.79. The van der Waals surface area contributed by atoms with Crippen molar-refractivity contribution >= 4 is 28.5 Å². The summed E-state index contributed by atoms with van der Waals surface area (Å²) in [6.07, 6.45) is 0. The third kappa shape index (κ3) is 4.53. The van der Waals surface area contributed by atoms with E-state index in [2.05, 4.69) is 0 Å². The summed E-state index contributed by atoms with van der Waals surface area (Å²) in [6, 6.07) is 24.0. The second-order valence-corrected chi connectivity index (χ2v) is 7.95. The van der Waals surface area contributed by atoms with Crippen LogP contribution >= 0.6 is 11.6 Å². The largest absolute Gasteiger partial charge is 0.482 e. The molecule has 0 radical (unpaired) electrons. The molecule has 1 heterocycles. The third-order valence-corrected chi connectivity index (χ3v) is 5.66. The van der Waals surface area contributed by atoms with Gasteiger partial charge in [0.15, 0.2) is 6.61 Å². The van der Waals surface area contributed by atoms with Crippen LogP contribution in [-0.2, 0) is 4.79 Å². The summed E-state index contributed by atoms with van der Waals surface area (Å²) in [6.45, 7) is 1.59. The molecule has 0 unspecified atom stereocenters. The molecular formula is C26H22ClNO4. The van der Waals surface area contributed by atoms with Gasteiger partial charge in [-0.1, -0.05) is 72.3 Å². The van der Waals surface area contributed by atoms with E-state index in [1.807, 2.05) is 67.6 Å². The van der Waals surface area contributed by atoms with Gasteiger partial charge in [0.2, 0.25) is 0 Å². The average molecular weight is 448 g/mol. The smallest absolute Gasteiger partial charge is 0.336 e.